The summed E-state index contributed by atoms with van der Waals surface area (Å²) in [5.74, 6) is 0. The van der Waals surface area contributed by atoms with Crippen LogP contribution in [0.4, 0.5) is 0 Å². The van der Waals surface area contributed by atoms with E-state index in [-0.39, 0.29) is 0 Å². The average molecular weight is 185 g/mol. The second-order valence-electron chi connectivity index (χ2n) is 3.78. The van der Waals surface area contributed by atoms with E-state index in [1.165, 1.54) is 16.7 Å². The van der Waals surface area contributed by atoms with Gasteiger partial charge in [0.2, 0.25) is 0 Å². The van der Waals surface area contributed by atoms with Crippen molar-refractivity contribution < 1.29 is 0 Å². The fourth-order valence-electron chi connectivity index (χ4n) is 1.67. The molecule has 1 aliphatic carbocycles. The van der Waals surface area contributed by atoms with Crippen LogP contribution in [0.5, 0.6) is 0 Å². The molecule has 1 aromatic rings. The summed E-state index contributed by atoms with van der Waals surface area (Å²) in [5.41, 5.74) is 10.6. The van der Waals surface area contributed by atoms with Crippen LogP contribution < -0.4 is 5.73 Å². The fourth-order valence-corrected chi connectivity index (χ4v) is 1.67. The van der Waals surface area contributed by atoms with Crippen LogP contribution >= 0.6 is 0 Å². The highest BCUT2D eigenvalue weighted by Crippen LogP contribution is 2.23. The Morgan fingerprint density at radius 3 is 2.50 bits per heavy atom. The third-order valence-corrected chi connectivity index (χ3v) is 2.52. The summed E-state index contributed by atoms with van der Waals surface area (Å²) in [6.07, 6.45) is 6.39. The molecule has 0 amide bonds. The van der Waals surface area contributed by atoms with Gasteiger partial charge in [0.05, 0.1) is 0 Å². The molecule has 1 nitrogen and oxygen atoms in total. The summed E-state index contributed by atoms with van der Waals surface area (Å²) in [7, 11) is 0. The molecule has 0 saturated heterocycles. The van der Waals surface area contributed by atoms with Crippen molar-refractivity contribution >= 4 is 5.57 Å². The number of nitrogens with two attached hydrogens (primary N) is 1. The number of hydrogen-bond acceptors (Lipinski definition) is 1. The molecule has 14 heavy (non-hydrogen) atoms. The van der Waals surface area contributed by atoms with Crippen LogP contribution in [0.3, 0.4) is 0 Å². The predicted octanol–water partition coefficient (Wildman–Crippen LogP) is 3.01. The number of benzene rings is 1. The van der Waals surface area contributed by atoms with Crippen molar-refractivity contribution in [3.8, 4) is 0 Å². The minimum atomic E-state index is 0.989. The normalized spacial score (nSPS) is 16.1. The molecule has 1 heteroatoms. The summed E-state index contributed by atoms with van der Waals surface area (Å²) in [5, 5.41) is 0. The van der Waals surface area contributed by atoms with Crippen LogP contribution in [0.15, 0.2) is 42.1 Å². The van der Waals surface area contributed by atoms with E-state index < -0.39 is 0 Å². The van der Waals surface area contributed by atoms with E-state index in [2.05, 4.69) is 43.3 Å². The summed E-state index contributed by atoms with van der Waals surface area (Å²) >= 11 is 0. The van der Waals surface area contributed by atoms with E-state index in [1.54, 1.807) is 0 Å². The molecule has 0 saturated carbocycles. The van der Waals surface area contributed by atoms with Gasteiger partial charge in [0.15, 0.2) is 0 Å². The van der Waals surface area contributed by atoms with Crippen LogP contribution in [-0.2, 0) is 0 Å². The Labute approximate surface area is 84.9 Å². The van der Waals surface area contributed by atoms with Crippen molar-refractivity contribution in [1.82, 2.24) is 0 Å². The van der Waals surface area contributed by atoms with Crippen LogP contribution in [0.1, 0.15) is 24.0 Å². The van der Waals surface area contributed by atoms with Gasteiger partial charge in [-0.25, -0.2) is 0 Å². The van der Waals surface area contributed by atoms with Crippen molar-refractivity contribution in [1.29, 1.82) is 0 Å². The zero-order valence-corrected chi connectivity index (χ0v) is 8.46. The Balaban J connectivity index is 2.32. The first-order valence-electron chi connectivity index (χ1n) is 4.99. The Bertz CT molecular complexity index is 382. The van der Waals surface area contributed by atoms with Crippen molar-refractivity contribution in [3.05, 3.63) is 53.2 Å². The zero-order valence-electron chi connectivity index (χ0n) is 8.46. The van der Waals surface area contributed by atoms with Gasteiger partial charge in [-0.05, 0) is 37.0 Å². The molecule has 72 valence electrons. The predicted molar refractivity (Wildman–Crippen MR) is 60.7 cm³/mol. The largest absolute Gasteiger partial charge is 0.402 e. The number of rotatable bonds is 1. The van der Waals surface area contributed by atoms with Crippen molar-refractivity contribution in [2.45, 2.75) is 19.8 Å². The lowest BCUT2D eigenvalue weighted by Gasteiger charge is -2.10. The standard InChI is InChI=1S/C13H15N/c1-10-5-7-11(8-6-10)12-3-2-4-13(14)9-12/h3,5-9H,2,4,14H2,1H3. The van der Waals surface area contributed by atoms with Crippen LogP contribution in [0.25, 0.3) is 5.57 Å². The molecule has 0 spiro atoms. The monoisotopic (exact) mass is 185 g/mol. The molecule has 2 rings (SSSR count). The number of aryl methyl sites for hydroxylation is 1. The maximum atomic E-state index is 5.81. The zero-order chi connectivity index (χ0) is 9.97. The average Bonchev–Trinajstić information content (AvgIpc) is 2.19. The van der Waals surface area contributed by atoms with Crippen LogP contribution in [0.2, 0.25) is 0 Å². The lowest BCUT2D eigenvalue weighted by molar-refractivity contribution is 0.948. The number of hydrogen-bond donors (Lipinski definition) is 1. The number of allylic oxidation sites excluding steroid dienone is 4. The van der Waals surface area contributed by atoms with Gasteiger partial charge in [0.25, 0.3) is 0 Å². The molecule has 0 radical (unpaired) electrons. The molecular formula is C13H15N. The van der Waals surface area contributed by atoms with Crippen LogP contribution in [0, 0.1) is 6.92 Å². The SMILES string of the molecule is Cc1ccc(C2=CCCC(N)=C2)cc1. The minimum Gasteiger partial charge on any atom is -0.402 e. The molecule has 2 N–H and O–H groups in total. The van der Waals surface area contributed by atoms with E-state index in [0.717, 1.165) is 18.5 Å². The van der Waals surface area contributed by atoms with Crippen LogP contribution in [-0.4, -0.2) is 0 Å². The highest BCUT2D eigenvalue weighted by Gasteiger charge is 2.03. The first-order chi connectivity index (χ1) is 6.75. The van der Waals surface area contributed by atoms with E-state index in [1.807, 2.05) is 0 Å². The lowest BCUT2D eigenvalue weighted by atomic mass is 9.97. The third-order valence-electron chi connectivity index (χ3n) is 2.52. The molecule has 0 fully saturated rings. The minimum absolute atomic E-state index is 0.989. The first-order valence-corrected chi connectivity index (χ1v) is 4.99. The molecule has 1 aliphatic rings. The van der Waals surface area contributed by atoms with Gasteiger partial charge in [0, 0.05) is 5.70 Å². The summed E-state index contributed by atoms with van der Waals surface area (Å²) < 4.78 is 0. The Kier molecular flexibility index (Phi) is 2.40. The summed E-state index contributed by atoms with van der Waals surface area (Å²) in [6, 6.07) is 8.57. The Hall–Kier alpha value is -1.50. The van der Waals surface area contributed by atoms with E-state index in [9.17, 15) is 0 Å². The Morgan fingerprint density at radius 2 is 1.86 bits per heavy atom. The topological polar surface area (TPSA) is 26.0 Å². The third kappa shape index (κ3) is 1.87. The molecule has 0 unspecified atom stereocenters. The summed E-state index contributed by atoms with van der Waals surface area (Å²) in [4.78, 5) is 0. The molecule has 0 bridgehead atoms. The maximum Gasteiger partial charge on any atom is 0.00896 e. The van der Waals surface area contributed by atoms with E-state index >= 15 is 0 Å². The molecule has 0 heterocycles. The van der Waals surface area contributed by atoms with Crippen molar-refractivity contribution in [3.63, 3.8) is 0 Å². The highest BCUT2D eigenvalue weighted by molar-refractivity contribution is 5.75. The van der Waals surface area contributed by atoms with Crippen molar-refractivity contribution in [2.24, 2.45) is 5.73 Å². The van der Waals surface area contributed by atoms with Gasteiger partial charge in [-0.3, -0.25) is 0 Å². The second-order valence-corrected chi connectivity index (χ2v) is 3.78. The maximum absolute atomic E-state index is 5.81. The van der Waals surface area contributed by atoms with Crippen molar-refractivity contribution in [2.75, 3.05) is 0 Å². The Morgan fingerprint density at radius 1 is 1.14 bits per heavy atom. The highest BCUT2D eigenvalue weighted by atomic mass is 14.6. The molecule has 0 atom stereocenters. The first kappa shape index (κ1) is 9.07. The van der Waals surface area contributed by atoms with E-state index in [4.69, 9.17) is 5.73 Å². The fraction of sp³-hybridized carbons (Fsp3) is 0.231. The molecular weight excluding hydrogens is 170 g/mol. The summed E-state index contributed by atoms with van der Waals surface area (Å²) in [6.45, 7) is 2.10. The van der Waals surface area contributed by atoms with Gasteiger partial charge in [0.1, 0.15) is 0 Å². The van der Waals surface area contributed by atoms with Gasteiger partial charge in [-0.2, -0.15) is 0 Å². The smallest absolute Gasteiger partial charge is 0.00896 e. The van der Waals surface area contributed by atoms with Gasteiger partial charge in [-0.1, -0.05) is 35.9 Å². The lowest BCUT2D eigenvalue weighted by Crippen LogP contribution is -2.00. The van der Waals surface area contributed by atoms with Gasteiger partial charge >= 0.3 is 0 Å². The van der Waals surface area contributed by atoms with E-state index in [0.29, 0.717) is 0 Å². The van der Waals surface area contributed by atoms with Gasteiger partial charge in [-0.15, -0.1) is 0 Å². The second kappa shape index (κ2) is 3.70. The molecule has 0 aromatic heterocycles. The van der Waals surface area contributed by atoms with Gasteiger partial charge < -0.3 is 5.73 Å². The molecule has 1 aromatic carbocycles. The molecule has 0 aliphatic heterocycles. The quantitative estimate of drug-likeness (QED) is 0.715.